The van der Waals surface area contributed by atoms with Crippen LogP contribution in [0.4, 0.5) is 0 Å². The summed E-state index contributed by atoms with van der Waals surface area (Å²) >= 11 is 0. The molecule has 0 radical (unpaired) electrons. The SMILES string of the molecule is CN1CCN(C(C)(C)CN)C(c2ccccc2)C1. The van der Waals surface area contributed by atoms with Crippen LogP contribution in [0.2, 0.25) is 0 Å². The Bertz CT molecular complexity index is 375. The average Bonchev–Trinajstić information content (AvgIpc) is 2.39. The molecule has 2 N–H and O–H groups in total. The molecule has 0 aliphatic carbocycles. The molecule has 0 bridgehead atoms. The van der Waals surface area contributed by atoms with E-state index in [1.165, 1.54) is 5.56 Å². The number of hydrogen-bond acceptors (Lipinski definition) is 3. The molecular weight excluding hydrogens is 222 g/mol. The van der Waals surface area contributed by atoms with E-state index in [2.05, 4.69) is 61.0 Å². The molecule has 0 spiro atoms. The second kappa shape index (κ2) is 5.39. The lowest BCUT2D eigenvalue weighted by molar-refractivity contribution is 0.0131. The highest BCUT2D eigenvalue weighted by Crippen LogP contribution is 2.30. The van der Waals surface area contributed by atoms with Gasteiger partial charge < -0.3 is 10.6 Å². The van der Waals surface area contributed by atoms with Crippen LogP contribution >= 0.6 is 0 Å². The summed E-state index contributed by atoms with van der Waals surface area (Å²) in [6.45, 7) is 8.46. The topological polar surface area (TPSA) is 32.5 Å². The van der Waals surface area contributed by atoms with Gasteiger partial charge in [-0.05, 0) is 26.5 Å². The number of hydrogen-bond donors (Lipinski definition) is 1. The lowest BCUT2D eigenvalue weighted by Crippen LogP contribution is -2.58. The van der Waals surface area contributed by atoms with E-state index in [9.17, 15) is 0 Å². The number of piperazine rings is 1. The molecule has 1 aromatic rings. The lowest BCUT2D eigenvalue weighted by Gasteiger charge is -2.48. The fourth-order valence-corrected chi connectivity index (χ4v) is 2.72. The second-order valence-corrected chi connectivity index (χ2v) is 5.90. The molecule has 1 heterocycles. The lowest BCUT2D eigenvalue weighted by atomic mass is 9.94. The molecule has 3 heteroatoms. The summed E-state index contributed by atoms with van der Waals surface area (Å²) in [5.41, 5.74) is 7.41. The Morgan fingerprint density at radius 2 is 1.89 bits per heavy atom. The quantitative estimate of drug-likeness (QED) is 0.882. The van der Waals surface area contributed by atoms with Crippen molar-refractivity contribution in [3.05, 3.63) is 35.9 Å². The minimum atomic E-state index is 0.0573. The Hall–Kier alpha value is -0.900. The van der Waals surface area contributed by atoms with Crippen molar-refractivity contribution in [1.82, 2.24) is 9.80 Å². The predicted molar refractivity (Wildman–Crippen MR) is 76.5 cm³/mol. The van der Waals surface area contributed by atoms with Crippen LogP contribution in [0.15, 0.2) is 30.3 Å². The van der Waals surface area contributed by atoms with E-state index in [0.29, 0.717) is 12.6 Å². The van der Waals surface area contributed by atoms with E-state index in [4.69, 9.17) is 5.73 Å². The van der Waals surface area contributed by atoms with Gasteiger partial charge in [-0.1, -0.05) is 30.3 Å². The molecule has 1 saturated heterocycles. The largest absolute Gasteiger partial charge is 0.329 e. The van der Waals surface area contributed by atoms with Crippen LogP contribution in [0, 0.1) is 0 Å². The summed E-state index contributed by atoms with van der Waals surface area (Å²) in [6, 6.07) is 11.2. The van der Waals surface area contributed by atoms with Crippen molar-refractivity contribution in [3.63, 3.8) is 0 Å². The maximum Gasteiger partial charge on any atom is 0.0481 e. The first-order chi connectivity index (χ1) is 8.54. The van der Waals surface area contributed by atoms with E-state index < -0.39 is 0 Å². The molecule has 0 aromatic heterocycles. The Kier molecular flexibility index (Phi) is 4.05. The summed E-state index contributed by atoms with van der Waals surface area (Å²) in [5, 5.41) is 0. The first-order valence-electron chi connectivity index (χ1n) is 6.75. The van der Waals surface area contributed by atoms with Gasteiger partial charge in [0.05, 0.1) is 0 Å². The van der Waals surface area contributed by atoms with Crippen molar-refractivity contribution in [2.75, 3.05) is 33.2 Å². The van der Waals surface area contributed by atoms with Gasteiger partial charge in [-0.25, -0.2) is 0 Å². The highest BCUT2D eigenvalue weighted by molar-refractivity contribution is 5.21. The summed E-state index contributed by atoms with van der Waals surface area (Å²) in [4.78, 5) is 4.96. The molecule has 2 rings (SSSR count). The van der Waals surface area contributed by atoms with Gasteiger partial charge in [-0.2, -0.15) is 0 Å². The van der Waals surface area contributed by atoms with Crippen LogP contribution < -0.4 is 5.73 Å². The molecule has 1 aliphatic heterocycles. The van der Waals surface area contributed by atoms with Crippen LogP contribution in [0.5, 0.6) is 0 Å². The van der Waals surface area contributed by atoms with Gasteiger partial charge in [-0.15, -0.1) is 0 Å². The molecule has 3 nitrogen and oxygen atoms in total. The van der Waals surface area contributed by atoms with Crippen LogP contribution in [-0.2, 0) is 0 Å². The normalized spacial score (nSPS) is 23.2. The van der Waals surface area contributed by atoms with E-state index in [-0.39, 0.29) is 5.54 Å². The fourth-order valence-electron chi connectivity index (χ4n) is 2.72. The van der Waals surface area contributed by atoms with Crippen LogP contribution in [0.25, 0.3) is 0 Å². The molecule has 1 aliphatic rings. The third-order valence-corrected chi connectivity index (χ3v) is 4.04. The van der Waals surface area contributed by atoms with Gasteiger partial charge in [0.25, 0.3) is 0 Å². The molecule has 0 saturated carbocycles. The molecule has 1 fully saturated rings. The standard InChI is InChI=1S/C15H25N3/c1-15(2,12-16)18-10-9-17(3)11-14(18)13-7-5-4-6-8-13/h4-8,14H,9-12,16H2,1-3H3. The average molecular weight is 247 g/mol. The monoisotopic (exact) mass is 247 g/mol. The zero-order chi connectivity index (χ0) is 13.2. The fraction of sp³-hybridized carbons (Fsp3) is 0.600. The smallest absolute Gasteiger partial charge is 0.0481 e. The van der Waals surface area contributed by atoms with Crippen LogP contribution in [0.3, 0.4) is 0 Å². The highest BCUT2D eigenvalue weighted by atomic mass is 15.3. The Morgan fingerprint density at radius 3 is 2.50 bits per heavy atom. The zero-order valence-electron chi connectivity index (χ0n) is 11.8. The summed E-state index contributed by atoms with van der Waals surface area (Å²) in [6.07, 6.45) is 0. The maximum atomic E-state index is 5.96. The molecular formula is C15H25N3. The summed E-state index contributed by atoms with van der Waals surface area (Å²) in [7, 11) is 2.20. The molecule has 18 heavy (non-hydrogen) atoms. The van der Waals surface area contributed by atoms with Crippen LogP contribution in [0.1, 0.15) is 25.5 Å². The maximum absolute atomic E-state index is 5.96. The van der Waals surface area contributed by atoms with Gasteiger partial charge >= 0.3 is 0 Å². The third-order valence-electron chi connectivity index (χ3n) is 4.04. The number of nitrogens with zero attached hydrogens (tertiary/aromatic N) is 2. The first-order valence-corrected chi connectivity index (χ1v) is 6.75. The summed E-state index contributed by atoms with van der Waals surface area (Å²) in [5.74, 6) is 0. The Morgan fingerprint density at radius 1 is 1.22 bits per heavy atom. The van der Waals surface area contributed by atoms with Gasteiger partial charge in [0, 0.05) is 37.8 Å². The molecule has 1 atom stereocenters. The van der Waals surface area contributed by atoms with E-state index in [1.807, 2.05) is 0 Å². The van der Waals surface area contributed by atoms with Crippen molar-refractivity contribution in [2.24, 2.45) is 5.73 Å². The molecule has 1 aromatic carbocycles. The van der Waals surface area contributed by atoms with E-state index >= 15 is 0 Å². The van der Waals surface area contributed by atoms with Crippen molar-refractivity contribution in [1.29, 1.82) is 0 Å². The first kappa shape index (κ1) is 13.5. The van der Waals surface area contributed by atoms with Gasteiger partial charge in [0.2, 0.25) is 0 Å². The van der Waals surface area contributed by atoms with Crippen molar-refractivity contribution < 1.29 is 0 Å². The Labute approximate surface area is 111 Å². The number of nitrogens with two attached hydrogens (primary N) is 1. The van der Waals surface area contributed by atoms with Crippen LogP contribution in [-0.4, -0.2) is 48.6 Å². The third kappa shape index (κ3) is 2.74. The number of likely N-dealkylation sites (N-methyl/N-ethyl adjacent to an activating group) is 1. The zero-order valence-corrected chi connectivity index (χ0v) is 11.8. The van der Waals surface area contributed by atoms with E-state index in [0.717, 1.165) is 19.6 Å². The minimum absolute atomic E-state index is 0.0573. The molecule has 100 valence electrons. The second-order valence-electron chi connectivity index (χ2n) is 5.90. The predicted octanol–water partition coefficient (Wildman–Crippen LogP) is 1.71. The van der Waals surface area contributed by atoms with E-state index in [1.54, 1.807) is 0 Å². The van der Waals surface area contributed by atoms with Crippen molar-refractivity contribution >= 4 is 0 Å². The number of benzene rings is 1. The van der Waals surface area contributed by atoms with Gasteiger partial charge in [-0.3, -0.25) is 4.90 Å². The van der Waals surface area contributed by atoms with Crippen molar-refractivity contribution in [3.8, 4) is 0 Å². The Balaban J connectivity index is 2.27. The molecule has 1 unspecified atom stereocenters. The summed E-state index contributed by atoms with van der Waals surface area (Å²) < 4.78 is 0. The van der Waals surface area contributed by atoms with Crippen molar-refractivity contribution in [2.45, 2.75) is 25.4 Å². The van der Waals surface area contributed by atoms with Gasteiger partial charge in [0.15, 0.2) is 0 Å². The van der Waals surface area contributed by atoms with Gasteiger partial charge in [0.1, 0.15) is 0 Å². The molecule has 0 amide bonds. The minimum Gasteiger partial charge on any atom is -0.329 e. The number of rotatable bonds is 3. The highest BCUT2D eigenvalue weighted by Gasteiger charge is 2.35.